The third kappa shape index (κ3) is 9.11. The molecule has 7 nitrogen and oxygen atoms in total. The molecule has 0 unspecified atom stereocenters. The van der Waals surface area contributed by atoms with Gasteiger partial charge in [0.2, 0.25) is 0 Å². The first-order valence-corrected chi connectivity index (χ1v) is 17.5. The minimum atomic E-state index is -0.512. The molecule has 0 bridgehead atoms. The number of aliphatic hydroxyl groups is 1. The van der Waals surface area contributed by atoms with Crippen LogP contribution in [0.15, 0.2) is 103 Å². The van der Waals surface area contributed by atoms with E-state index in [0.29, 0.717) is 13.1 Å². The smallest absolute Gasteiger partial charge is 0.315 e. The molecule has 4 aromatic rings. The summed E-state index contributed by atoms with van der Waals surface area (Å²) in [5.41, 5.74) is 7.20. The lowest BCUT2D eigenvalue weighted by Crippen LogP contribution is -2.45. The summed E-state index contributed by atoms with van der Waals surface area (Å²) < 4.78 is 13.6. The fourth-order valence-corrected chi connectivity index (χ4v) is 6.83. The lowest BCUT2D eigenvalue weighted by atomic mass is 9.89. The number of urea groups is 1. The van der Waals surface area contributed by atoms with Crippen LogP contribution in [0.25, 0.3) is 11.1 Å². The van der Waals surface area contributed by atoms with E-state index >= 15 is 0 Å². The number of nitrogens with one attached hydrogen (secondary N) is 2. The second-order valence-corrected chi connectivity index (χ2v) is 13.2. The summed E-state index contributed by atoms with van der Waals surface area (Å²) in [5, 5.41) is 15.5. The summed E-state index contributed by atoms with van der Waals surface area (Å²) in [5.74, 6) is 0.156. The van der Waals surface area contributed by atoms with Crippen LogP contribution in [0.2, 0.25) is 0 Å². The van der Waals surface area contributed by atoms with Gasteiger partial charge in [0.1, 0.15) is 0 Å². The van der Waals surface area contributed by atoms with Crippen LogP contribution in [0.1, 0.15) is 79.2 Å². The van der Waals surface area contributed by atoms with Gasteiger partial charge in [-0.05, 0) is 71.4 Å². The van der Waals surface area contributed by atoms with Gasteiger partial charge in [-0.3, -0.25) is 0 Å². The predicted octanol–water partition coefficient (Wildman–Crippen LogP) is 7.90. The molecule has 0 aromatic heterocycles. The summed E-state index contributed by atoms with van der Waals surface area (Å²) in [4.78, 5) is 15.1. The summed E-state index contributed by atoms with van der Waals surface area (Å²) in [6, 6.07) is 34.5. The van der Waals surface area contributed by atoms with E-state index in [-0.39, 0.29) is 30.8 Å². The van der Waals surface area contributed by atoms with Crippen LogP contribution in [-0.2, 0) is 29.2 Å². The summed E-state index contributed by atoms with van der Waals surface area (Å²) in [6.07, 6.45) is 5.78. The number of benzene rings is 4. The van der Waals surface area contributed by atoms with Crippen molar-refractivity contribution < 1.29 is 19.4 Å². The second kappa shape index (κ2) is 16.9. The van der Waals surface area contributed by atoms with Crippen LogP contribution >= 0.6 is 0 Å². The van der Waals surface area contributed by atoms with Crippen molar-refractivity contribution in [3.05, 3.63) is 131 Å². The van der Waals surface area contributed by atoms with E-state index in [4.69, 9.17) is 9.47 Å². The molecule has 2 amide bonds. The first-order chi connectivity index (χ1) is 23.6. The maximum atomic E-state index is 12.5. The number of amides is 2. The van der Waals surface area contributed by atoms with Crippen molar-refractivity contribution in [2.75, 3.05) is 19.6 Å². The molecule has 7 heteroatoms. The quantitative estimate of drug-likeness (QED) is 0.163. The highest BCUT2D eigenvalue weighted by Crippen LogP contribution is 2.42. The Morgan fingerprint density at radius 2 is 1.35 bits per heavy atom. The third-order valence-corrected chi connectivity index (χ3v) is 9.68. The number of rotatable bonds is 10. The van der Waals surface area contributed by atoms with Gasteiger partial charge in [-0.2, -0.15) is 0 Å². The van der Waals surface area contributed by atoms with E-state index in [0.717, 1.165) is 58.6 Å². The summed E-state index contributed by atoms with van der Waals surface area (Å²) >= 11 is 0. The molecule has 0 spiro atoms. The Morgan fingerprint density at radius 1 is 0.708 bits per heavy atom. The number of carbonyl (C=O) groups is 1. The molecule has 6 rings (SSSR count). The highest BCUT2D eigenvalue weighted by atomic mass is 16.7. The van der Waals surface area contributed by atoms with Crippen LogP contribution in [0.5, 0.6) is 0 Å². The summed E-state index contributed by atoms with van der Waals surface area (Å²) in [7, 11) is 0. The molecule has 4 aromatic carbocycles. The number of hydrogen-bond donors (Lipinski definition) is 3. The van der Waals surface area contributed by atoms with Crippen molar-refractivity contribution in [1.29, 1.82) is 0 Å². The monoisotopic (exact) mass is 647 g/mol. The molecule has 2 heterocycles. The number of carbonyl (C=O) groups excluding carboxylic acids is 1. The zero-order valence-corrected chi connectivity index (χ0v) is 28.0. The van der Waals surface area contributed by atoms with E-state index in [1.807, 2.05) is 54.6 Å². The number of ether oxygens (including phenoxy) is 2. The molecule has 48 heavy (non-hydrogen) atoms. The van der Waals surface area contributed by atoms with Crippen molar-refractivity contribution >= 4 is 6.03 Å². The number of likely N-dealkylation sites (tertiary alicyclic amines) is 1. The van der Waals surface area contributed by atoms with E-state index in [1.54, 1.807) is 0 Å². The molecule has 2 saturated heterocycles. The SMILES string of the molecule is C[C@@H]1[C@H](CN2CCCCCCC2)O[C@H](c2cccc(-c3cccc(CNC(=O)NCc4ccccc4)c3)c2)O[C@@H]1c1ccc(CO)cc1. The molecule has 2 aliphatic rings. The Kier molecular flexibility index (Phi) is 11.9. The van der Waals surface area contributed by atoms with Crippen LogP contribution in [0.4, 0.5) is 4.79 Å². The van der Waals surface area contributed by atoms with Gasteiger partial charge in [-0.15, -0.1) is 0 Å². The van der Waals surface area contributed by atoms with Crippen LogP contribution in [0, 0.1) is 5.92 Å². The predicted molar refractivity (Wildman–Crippen MR) is 190 cm³/mol. The number of aliphatic hydroxyl groups excluding tert-OH is 1. The van der Waals surface area contributed by atoms with Crippen LogP contribution < -0.4 is 10.6 Å². The van der Waals surface area contributed by atoms with Gasteiger partial charge in [0.25, 0.3) is 0 Å². The van der Waals surface area contributed by atoms with Gasteiger partial charge in [0.15, 0.2) is 6.29 Å². The zero-order chi connectivity index (χ0) is 33.1. The van der Waals surface area contributed by atoms with Gasteiger partial charge in [0, 0.05) is 31.1 Å². The largest absolute Gasteiger partial charge is 0.392 e. The minimum absolute atomic E-state index is 0.0109. The molecule has 2 aliphatic heterocycles. The zero-order valence-electron chi connectivity index (χ0n) is 28.0. The standard InChI is InChI=1S/C41H49N3O4/c1-30-38(28-44-22-8-3-2-4-9-23-44)47-40(48-39(30)34-20-18-32(29-45)19-21-34)37-17-11-16-36(25-37)35-15-10-14-33(24-35)27-43-41(46)42-26-31-12-6-5-7-13-31/h5-7,10-21,24-25,30,38-40,45H,2-4,8-9,22-23,26-29H2,1H3,(H2,42,43,46)/t30-,38+,39+,40+/m1/s1. The Labute approximate surface area is 285 Å². The first-order valence-electron chi connectivity index (χ1n) is 17.5. The first kappa shape index (κ1) is 33.9. The highest BCUT2D eigenvalue weighted by Gasteiger charge is 2.39. The van der Waals surface area contributed by atoms with Gasteiger partial charge >= 0.3 is 6.03 Å². The van der Waals surface area contributed by atoms with Crippen molar-refractivity contribution in [2.45, 2.75) is 77.2 Å². The van der Waals surface area contributed by atoms with Gasteiger partial charge in [-0.1, -0.05) is 117 Å². The van der Waals surface area contributed by atoms with Crippen molar-refractivity contribution in [1.82, 2.24) is 15.5 Å². The Balaban J connectivity index is 1.17. The third-order valence-electron chi connectivity index (χ3n) is 9.68. The maximum absolute atomic E-state index is 12.5. The maximum Gasteiger partial charge on any atom is 0.315 e. The van der Waals surface area contributed by atoms with E-state index in [1.165, 1.54) is 32.1 Å². The second-order valence-electron chi connectivity index (χ2n) is 13.2. The Bertz CT molecular complexity index is 1590. The average molecular weight is 648 g/mol. The van der Waals surface area contributed by atoms with Gasteiger partial charge in [-0.25, -0.2) is 4.79 Å². The average Bonchev–Trinajstić information content (AvgIpc) is 3.12. The topological polar surface area (TPSA) is 83.1 Å². The molecule has 0 saturated carbocycles. The van der Waals surface area contributed by atoms with Crippen LogP contribution in [0.3, 0.4) is 0 Å². The van der Waals surface area contributed by atoms with E-state index in [9.17, 15) is 9.90 Å². The number of hydrogen-bond acceptors (Lipinski definition) is 5. The number of nitrogens with zero attached hydrogens (tertiary/aromatic N) is 1. The molecular formula is C41H49N3O4. The lowest BCUT2D eigenvalue weighted by molar-refractivity contribution is -0.276. The van der Waals surface area contributed by atoms with Gasteiger partial charge < -0.3 is 30.1 Å². The molecule has 2 fully saturated rings. The van der Waals surface area contributed by atoms with Crippen molar-refractivity contribution in [3.63, 3.8) is 0 Å². The normalized spacial score (nSPS) is 22.0. The van der Waals surface area contributed by atoms with Crippen LogP contribution in [-0.4, -0.2) is 41.8 Å². The van der Waals surface area contributed by atoms with Crippen molar-refractivity contribution in [3.8, 4) is 11.1 Å². The van der Waals surface area contributed by atoms with Crippen molar-refractivity contribution in [2.24, 2.45) is 5.92 Å². The lowest BCUT2D eigenvalue weighted by Gasteiger charge is -2.43. The fraction of sp³-hybridized carbons (Fsp3) is 0.390. The molecule has 4 atom stereocenters. The molecule has 3 N–H and O–H groups in total. The Morgan fingerprint density at radius 3 is 2.08 bits per heavy atom. The Hall–Kier alpha value is -4.01. The fourth-order valence-electron chi connectivity index (χ4n) is 6.83. The van der Waals surface area contributed by atoms with E-state index in [2.05, 4.69) is 71.0 Å². The molecule has 0 aliphatic carbocycles. The van der Waals surface area contributed by atoms with E-state index < -0.39 is 6.29 Å². The molecular weight excluding hydrogens is 598 g/mol. The minimum Gasteiger partial charge on any atom is -0.392 e. The van der Waals surface area contributed by atoms with Gasteiger partial charge in [0.05, 0.1) is 18.8 Å². The highest BCUT2D eigenvalue weighted by molar-refractivity contribution is 5.74. The summed E-state index contributed by atoms with van der Waals surface area (Å²) in [6.45, 7) is 6.29. The molecule has 0 radical (unpaired) electrons. The molecule has 252 valence electrons.